The molecule has 3 nitrogen and oxygen atoms in total. The lowest BCUT2D eigenvalue weighted by molar-refractivity contribution is -0.120. The number of fused-ring (bicyclic) bond motifs is 1. The third-order valence-corrected chi connectivity index (χ3v) is 5.01. The smallest absolute Gasteiger partial charge is 0.224 e. The third kappa shape index (κ3) is 3.81. The molecule has 0 aliphatic heterocycles. The Morgan fingerprint density at radius 2 is 1.64 bits per heavy atom. The fourth-order valence-electron chi connectivity index (χ4n) is 3.57. The number of para-hydroxylation sites is 1. The number of aromatic nitrogens is 1. The number of nitrogens with one attached hydrogen (secondary N) is 2. The van der Waals surface area contributed by atoms with Crippen LogP contribution in [0.5, 0.6) is 0 Å². The predicted molar refractivity (Wildman–Crippen MR) is 110 cm³/mol. The number of carbonyl (C=O) groups excluding carboxylic acids is 1. The van der Waals surface area contributed by atoms with Gasteiger partial charge in [-0.1, -0.05) is 66.7 Å². The summed E-state index contributed by atoms with van der Waals surface area (Å²) < 4.78 is 13.8. The number of halogens is 1. The van der Waals surface area contributed by atoms with E-state index in [2.05, 4.69) is 28.5 Å². The van der Waals surface area contributed by atoms with E-state index < -0.39 is 0 Å². The summed E-state index contributed by atoms with van der Waals surface area (Å²) in [5.41, 5.74) is 3.73. The van der Waals surface area contributed by atoms with Crippen molar-refractivity contribution >= 4 is 16.8 Å². The van der Waals surface area contributed by atoms with Gasteiger partial charge >= 0.3 is 0 Å². The molecule has 1 atom stereocenters. The summed E-state index contributed by atoms with van der Waals surface area (Å²) in [5.74, 6) is -0.540. The van der Waals surface area contributed by atoms with E-state index in [1.165, 1.54) is 6.07 Å². The van der Waals surface area contributed by atoms with Crippen LogP contribution in [0.2, 0.25) is 0 Å². The minimum atomic E-state index is -0.353. The van der Waals surface area contributed by atoms with E-state index in [-0.39, 0.29) is 24.1 Å². The van der Waals surface area contributed by atoms with E-state index >= 15 is 0 Å². The van der Waals surface area contributed by atoms with Gasteiger partial charge in [0.2, 0.25) is 5.91 Å². The molecule has 28 heavy (non-hydrogen) atoms. The number of hydrogen-bond donors (Lipinski definition) is 2. The maximum Gasteiger partial charge on any atom is 0.224 e. The summed E-state index contributed by atoms with van der Waals surface area (Å²) in [7, 11) is 0. The highest BCUT2D eigenvalue weighted by molar-refractivity contribution is 5.84. The first-order chi connectivity index (χ1) is 13.7. The van der Waals surface area contributed by atoms with Gasteiger partial charge in [0.15, 0.2) is 0 Å². The van der Waals surface area contributed by atoms with Crippen LogP contribution in [0.25, 0.3) is 10.9 Å². The van der Waals surface area contributed by atoms with Crippen molar-refractivity contribution in [3.8, 4) is 0 Å². The van der Waals surface area contributed by atoms with Gasteiger partial charge in [-0.25, -0.2) is 4.39 Å². The highest BCUT2D eigenvalue weighted by Gasteiger charge is 2.19. The molecular weight excluding hydrogens is 351 g/mol. The summed E-state index contributed by atoms with van der Waals surface area (Å²) in [6.45, 7) is 0.444. The molecule has 4 aromatic rings. The Labute approximate surface area is 163 Å². The monoisotopic (exact) mass is 372 g/mol. The molecule has 1 aromatic heterocycles. The van der Waals surface area contributed by atoms with Gasteiger partial charge in [0, 0.05) is 29.6 Å². The number of carbonyl (C=O) groups is 1. The van der Waals surface area contributed by atoms with E-state index in [1.807, 2.05) is 42.6 Å². The second-order valence-corrected chi connectivity index (χ2v) is 6.83. The van der Waals surface area contributed by atoms with Crippen LogP contribution in [0, 0.1) is 5.82 Å². The Balaban J connectivity index is 1.57. The molecule has 1 amide bonds. The van der Waals surface area contributed by atoms with E-state index in [4.69, 9.17) is 0 Å². The minimum absolute atomic E-state index is 0.00178. The number of H-pyrrole nitrogens is 1. The molecule has 0 radical (unpaired) electrons. The summed E-state index contributed by atoms with van der Waals surface area (Å²) in [6.07, 6.45) is 2.04. The molecule has 0 aliphatic carbocycles. The van der Waals surface area contributed by atoms with Gasteiger partial charge in [-0.15, -0.1) is 0 Å². The van der Waals surface area contributed by atoms with Crippen molar-refractivity contribution in [2.24, 2.45) is 0 Å². The van der Waals surface area contributed by atoms with Crippen LogP contribution >= 0.6 is 0 Å². The lowest BCUT2D eigenvalue weighted by Gasteiger charge is -2.18. The van der Waals surface area contributed by atoms with Crippen molar-refractivity contribution in [2.75, 3.05) is 6.54 Å². The van der Waals surface area contributed by atoms with Gasteiger partial charge in [-0.2, -0.15) is 0 Å². The van der Waals surface area contributed by atoms with Crippen LogP contribution in [0.15, 0.2) is 85.1 Å². The number of rotatable bonds is 6. The van der Waals surface area contributed by atoms with Crippen molar-refractivity contribution < 1.29 is 9.18 Å². The van der Waals surface area contributed by atoms with Crippen molar-refractivity contribution in [1.29, 1.82) is 0 Å². The zero-order chi connectivity index (χ0) is 19.3. The summed E-state index contributed by atoms with van der Waals surface area (Å²) >= 11 is 0. The molecule has 4 rings (SSSR count). The Morgan fingerprint density at radius 1 is 0.929 bits per heavy atom. The lowest BCUT2D eigenvalue weighted by Crippen LogP contribution is -2.30. The van der Waals surface area contributed by atoms with Crippen molar-refractivity contribution in [1.82, 2.24) is 10.3 Å². The zero-order valence-corrected chi connectivity index (χ0v) is 15.4. The molecule has 1 heterocycles. The molecule has 140 valence electrons. The molecule has 2 N–H and O–H groups in total. The van der Waals surface area contributed by atoms with Crippen molar-refractivity contribution in [2.45, 2.75) is 12.3 Å². The highest BCUT2D eigenvalue weighted by atomic mass is 19.1. The van der Waals surface area contributed by atoms with Crippen LogP contribution in [-0.2, 0) is 11.2 Å². The summed E-state index contributed by atoms with van der Waals surface area (Å²) in [5, 5.41) is 4.13. The second kappa shape index (κ2) is 8.09. The van der Waals surface area contributed by atoms with Crippen LogP contribution in [0.1, 0.15) is 22.6 Å². The highest BCUT2D eigenvalue weighted by Crippen LogP contribution is 2.30. The first kappa shape index (κ1) is 18.0. The summed E-state index contributed by atoms with van der Waals surface area (Å²) in [4.78, 5) is 15.8. The average Bonchev–Trinajstić information content (AvgIpc) is 3.15. The number of amides is 1. The fourth-order valence-corrected chi connectivity index (χ4v) is 3.57. The molecule has 0 fully saturated rings. The molecule has 0 spiro atoms. The van der Waals surface area contributed by atoms with E-state index in [0.29, 0.717) is 12.1 Å². The first-order valence-electron chi connectivity index (χ1n) is 9.33. The second-order valence-electron chi connectivity index (χ2n) is 6.83. The van der Waals surface area contributed by atoms with Crippen molar-refractivity contribution in [3.63, 3.8) is 0 Å². The zero-order valence-electron chi connectivity index (χ0n) is 15.4. The molecule has 0 aliphatic rings. The van der Waals surface area contributed by atoms with Crippen LogP contribution < -0.4 is 5.32 Å². The topological polar surface area (TPSA) is 44.9 Å². The van der Waals surface area contributed by atoms with Crippen LogP contribution in [0.3, 0.4) is 0 Å². The van der Waals surface area contributed by atoms with E-state index in [9.17, 15) is 9.18 Å². The minimum Gasteiger partial charge on any atom is -0.361 e. The summed E-state index contributed by atoms with van der Waals surface area (Å²) in [6, 6.07) is 24.6. The first-order valence-corrected chi connectivity index (χ1v) is 9.33. The van der Waals surface area contributed by atoms with Gasteiger partial charge in [-0.3, -0.25) is 4.79 Å². The molecule has 0 saturated carbocycles. The fraction of sp³-hybridized carbons (Fsp3) is 0.125. The molecule has 0 saturated heterocycles. The van der Waals surface area contributed by atoms with E-state index in [1.54, 1.807) is 18.2 Å². The quantitative estimate of drug-likeness (QED) is 0.502. The predicted octanol–water partition coefficient (Wildman–Crippen LogP) is 4.80. The van der Waals surface area contributed by atoms with Crippen LogP contribution in [0.4, 0.5) is 4.39 Å². The molecule has 3 aromatic carbocycles. The van der Waals surface area contributed by atoms with E-state index in [0.717, 1.165) is 22.0 Å². The molecule has 1 unspecified atom stereocenters. The maximum atomic E-state index is 13.8. The third-order valence-electron chi connectivity index (χ3n) is 5.01. The SMILES string of the molecule is O=C(Cc1ccccc1F)NCC(c1ccccc1)c1c[nH]c2ccccc12. The Kier molecular flexibility index (Phi) is 5.20. The number of benzene rings is 3. The Hall–Kier alpha value is -3.40. The number of hydrogen-bond acceptors (Lipinski definition) is 1. The van der Waals surface area contributed by atoms with Crippen LogP contribution in [-0.4, -0.2) is 17.4 Å². The lowest BCUT2D eigenvalue weighted by atomic mass is 9.91. The molecule has 4 heteroatoms. The Morgan fingerprint density at radius 3 is 2.46 bits per heavy atom. The van der Waals surface area contributed by atoms with Gasteiger partial charge in [0.1, 0.15) is 5.82 Å². The van der Waals surface area contributed by atoms with Gasteiger partial charge in [0.25, 0.3) is 0 Å². The Bertz CT molecular complexity index is 1090. The largest absolute Gasteiger partial charge is 0.361 e. The standard InChI is InChI=1S/C24H21FN2O/c25-22-12-6-4-10-18(22)14-24(28)27-15-20(17-8-2-1-3-9-17)21-16-26-23-13-7-5-11-19(21)23/h1-13,16,20,26H,14-15H2,(H,27,28). The molecule has 0 bridgehead atoms. The van der Waals surface area contributed by atoms with Gasteiger partial charge in [-0.05, 0) is 28.8 Å². The van der Waals surface area contributed by atoms with Crippen molar-refractivity contribution in [3.05, 3.63) is 108 Å². The van der Waals surface area contributed by atoms with Gasteiger partial charge < -0.3 is 10.3 Å². The normalized spacial score (nSPS) is 12.0. The average molecular weight is 372 g/mol. The van der Waals surface area contributed by atoms with Gasteiger partial charge in [0.05, 0.1) is 6.42 Å². The maximum absolute atomic E-state index is 13.8. The molecular formula is C24H21FN2O. The number of aromatic amines is 1.